The van der Waals surface area contributed by atoms with Crippen LogP contribution in [0.1, 0.15) is 329 Å². The number of hydrogen-bond donors (Lipinski definition) is 0. The van der Waals surface area contributed by atoms with Gasteiger partial charge in [-0.3, -0.25) is 14.4 Å². The van der Waals surface area contributed by atoms with Crippen molar-refractivity contribution in [2.24, 2.45) is 0 Å². The molecule has 474 valence electrons. The minimum absolute atomic E-state index is 0.0882. The predicted molar refractivity (Wildman–Crippen MR) is 362 cm³/mol. The van der Waals surface area contributed by atoms with E-state index in [9.17, 15) is 14.4 Å². The molecule has 6 nitrogen and oxygen atoms in total. The van der Waals surface area contributed by atoms with Crippen molar-refractivity contribution in [3.63, 3.8) is 0 Å². The van der Waals surface area contributed by atoms with E-state index in [1.165, 1.54) is 141 Å². The number of allylic oxidation sites excluding steroid dienone is 20. The van der Waals surface area contributed by atoms with Crippen molar-refractivity contribution in [3.8, 4) is 0 Å². The van der Waals surface area contributed by atoms with E-state index in [4.69, 9.17) is 14.2 Å². The van der Waals surface area contributed by atoms with Gasteiger partial charge in [0.25, 0.3) is 0 Å². The van der Waals surface area contributed by atoms with E-state index in [1.807, 2.05) is 0 Å². The van der Waals surface area contributed by atoms with Crippen molar-refractivity contribution < 1.29 is 28.6 Å². The first-order valence-corrected chi connectivity index (χ1v) is 35.0. The molecule has 0 aliphatic rings. The van der Waals surface area contributed by atoms with E-state index in [0.29, 0.717) is 19.3 Å². The van der Waals surface area contributed by atoms with Gasteiger partial charge in [-0.2, -0.15) is 0 Å². The first-order valence-electron chi connectivity index (χ1n) is 35.0. The van der Waals surface area contributed by atoms with Gasteiger partial charge in [0.2, 0.25) is 0 Å². The molecule has 0 saturated heterocycles. The minimum Gasteiger partial charge on any atom is -0.462 e. The van der Waals surface area contributed by atoms with Crippen molar-refractivity contribution in [1.29, 1.82) is 0 Å². The fraction of sp³-hybridized carbons (Fsp3) is 0.701. The highest BCUT2D eigenvalue weighted by atomic mass is 16.6. The summed E-state index contributed by atoms with van der Waals surface area (Å²) in [6.07, 6.45) is 97.9. The Balaban J connectivity index is 4.27. The van der Waals surface area contributed by atoms with E-state index in [-0.39, 0.29) is 31.1 Å². The summed E-state index contributed by atoms with van der Waals surface area (Å²) in [6.45, 7) is 6.45. The SMILES string of the molecule is CC/C=C\C/C=C\C/C=C\C/C=C\C/C=C\CCCCCCCCCCCCCCCCCC(=O)OCC(COC(=O)CCCCCCC/C=C\C/C=C\CCC)OC(=O)CCCCCCCC/C=C\C/C=C\C/C=C\CCCCCCC. The van der Waals surface area contributed by atoms with Crippen molar-refractivity contribution in [3.05, 3.63) is 122 Å². The van der Waals surface area contributed by atoms with Gasteiger partial charge in [0.05, 0.1) is 0 Å². The minimum atomic E-state index is -0.794. The first kappa shape index (κ1) is 78.8. The number of rotatable bonds is 63. The maximum Gasteiger partial charge on any atom is 0.306 e. The second-order valence-corrected chi connectivity index (χ2v) is 23.1. The lowest BCUT2D eigenvalue weighted by molar-refractivity contribution is -0.167. The summed E-state index contributed by atoms with van der Waals surface area (Å²) in [5.74, 6) is -0.906. The smallest absolute Gasteiger partial charge is 0.306 e. The largest absolute Gasteiger partial charge is 0.462 e. The van der Waals surface area contributed by atoms with Gasteiger partial charge in [-0.15, -0.1) is 0 Å². The third kappa shape index (κ3) is 68.5. The van der Waals surface area contributed by atoms with Crippen LogP contribution in [-0.2, 0) is 28.6 Å². The lowest BCUT2D eigenvalue weighted by atomic mass is 10.0. The highest BCUT2D eigenvalue weighted by Crippen LogP contribution is 2.17. The summed E-state index contributed by atoms with van der Waals surface area (Å²) >= 11 is 0. The van der Waals surface area contributed by atoms with Crippen LogP contribution in [0.15, 0.2) is 122 Å². The third-order valence-electron chi connectivity index (χ3n) is 14.9. The van der Waals surface area contributed by atoms with Gasteiger partial charge in [0, 0.05) is 19.3 Å². The van der Waals surface area contributed by atoms with Crippen molar-refractivity contribution in [2.75, 3.05) is 13.2 Å². The summed E-state index contributed by atoms with van der Waals surface area (Å²) < 4.78 is 16.9. The van der Waals surface area contributed by atoms with Crippen LogP contribution in [0, 0.1) is 0 Å². The Bertz CT molecular complexity index is 1700. The Morgan fingerprint density at radius 2 is 0.494 bits per heavy atom. The van der Waals surface area contributed by atoms with Crippen LogP contribution < -0.4 is 0 Å². The zero-order chi connectivity index (χ0) is 59.9. The maximum atomic E-state index is 12.9. The molecule has 83 heavy (non-hydrogen) atoms. The molecule has 1 atom stereocenters. The molecule has 0 rings (SSSR count). The van der Waals surface area contributed by atoms with Crippen LogP contribution in [0.2, 0.25) is 0 Å². The lowest BCUT2D eigenvalue weighted by Gasteiger charge is -2.18. The predicted octanol–water partition coefficient (Wildman–Crippen LogP) is 24.3. The fourth-order valence-corrected chi connectivity index (χ4v) is 9.69. The van der Waals surface area contributed by atoms with Gasteiger partial charge in [-0.25, -0.2) is 0 Å². The van der Waals surface area contributed by atoms with Crippen LogP contribution in [0.4, 0.5) is 0 Å². The number of carbonyl (C=O) groups is 3. The second-order valence-electron chi connectivity index (χ2n) is 23.1. The molecule has 6 heteroatoms. The molecule has 0 aromatic carbocycles. The Hall–Kier alpha value is -4.19. The van der Waals surface area contributed by atoms with Crippen molar-refractivity contribution >= 4 is 17.9 Å². The number of ether oxygens (including phenoxy) is 3. The van der Waals surface area contributed by atoms with E-state index in [2.05, 4.69) is 142 Å². The zero-order valence-electron chi connectivity index (χ0n) is 54.4. The lowest BCUT2D eigenvalue weighted by Crippen LogP contribution is -2.30. The highest BCUT2D eigenvalue weighted by molar-refractivity contribution is 5.71. The fourth-order valence-electron chi connectivity index (χ4n) is 9.69. The quantitative estimate of drug-likeness (QED) is 0.0261. The van der Waals surface area contributed by atoms with Crippen molar-refractivity contribution in [2.45, 2.75) is 335 Å². The van der Waals surface area contributed by atoms with Gasteiger partial charge in [0.1, 0.15) is 13.2 Å². The van der Waals surface area contributed by atoms with Crippen LogP contribution in [0.25, 0.3) is 0 Å². The van der Waals surface area contributed by atoms with E-state index < -0.39 is 6.10 Å². The molecule has 0 aliphatic heterocycles. The summed E-state index contributed by atoms with van der Waals surface area (Å²) in [5, 5.41) is 0. The van der Waals surface area contributed by atoms with E-state index in [1.54, 1.807) is 0 Å². The van der Waals surface area contributed by atoms with Crippen molar-refractivity contribution in [1.82, 2.24) is 0 Å². The molecule has 1 unspecified atom stereocenters. The normalized spacial score (nSPS) is 12.9. The summed E-state index contributed by atoms with van der Waals surface area (Å²) in [5.41, 5.74) is 0. The van der Waals surface area contributed by atoms with Gasteiger partial charge in [-0.1, -0.05) is 303 Å². The Labute approximate surface area is 513 Å². The van der Waals surface area contributed by atoms with Gasteiger partial charge in [0.15, 0.2) is 6.10 Å². The number of hydrogen-bond acceptors (Lipinski definition) is 6. The van der Waals surface area contributed by atoms with Gasteiger partial charge < -0.3 is 14.2 Å². The van der Waals surface area contributed by atoms with Gasteiger partial charge >= 0.3 is 17.9 Å². The number of unbranched alkanes of at least 4 members (excludes halogenated alkanes) is 32. The molecule has 0 aliphatic carbocycles. The highest BCUT2D eigenvalue weighted by Gasteiger charge is 2.19. The van der Waals surface area contributed by atoms with Crippen LogP contribution >= 0.6 is 0 Å². The molecule has 0 radical (unpaired) electrons. The van der Waals surface area contributed by atoms with E-state index >= 15 is 0 Å². The molecule has 0 N–H and O–H groups in total. The molecule has 0 saturated carbocycles. The van der Waals surface area contributed by atoms with Gasteiger partial charge in [-0.05, 0) is 128 Å². The zero-order valence-corrected chi connectivity index (χ0v) is 54.4. The summed E-state index contributed by atoms with van der Waals surface area (Å²) in [6, 6.07) is 0. The number of esters is 3. The molecule has 0 aromatic heterocycles. The molecule has 0 aromatic rings. The number of carbonyl (C=O) groups excluding carboxylic acids is 3. The molecule has 0 heterocycles. The second kappa shape index (κ2) is 70.3. The molecule has 0 fully saturated rings. The molecular formula is C77H130O6. The molecule has 0 bridgehead atoms. The standard InChI is InChI=1S/C77H130O6/c1-4-7-10-13-16-19-22-25-27-29-31-33-34-35-36-37-38-39-40-41-42-44-45-47-49-52-55-58-61-64-67-70-76(79)82-73-74(72-81-75(78)69-66-63-60-57-54-51-24-21-18-15-12-9-6-3)83-77(80)71-68-65-62-59-56-53-50-48-46-43-32-30-28-26-23-20-17-14-11-8-5-2/h7,10,12,15-16,19,21,23-27,30-33,35-36,46,48,74H,4-6,8-9,11,13-14,17-18,20,22,28-29,34,37-45,47,49-73H2,1-3H3/b10-7-,15-12-,19-16-,24-21-,26-23-,27-25-,32-30-,33-31-,36-35-,48-46-. The van der Waals surface area contributed by atoms with Crippen LogP contribution in [-0.4, -0.2) is 37.2 Å². The first-order chi connectivity index (χ1) is 41.0. The molecular weight excluding hydrogens is 1020 g/mol. The monoisotopic (exact) mass is 1150 g/mol. The Morgan fingerprint density at radius 3 is 0.783 bits per heavy atom. The summed E-state index contributed by atoms with van der Waals surface area (Å²) in [7, 11) is 0. The molecule has 0 amide bonds. The Kier molecular flexibility index (Phi) is 66.7. The average molecular weight is 1150 g/mol. The van der Waals surface area contributed by atoms with Crippen LogP contribution in [0.3, 0.4) is 0 Å². The third-order valence-corrected chi connectivity index (χ3v) is 14.9. The average Bonchev–Trinajstić information content (AvgIpc) is 3.49. The van der Waals surface area contributed by atoms with Crippen LogP contribution in [0.5, 0.6) is 0 Å². The maximum absolute atomic E-state index is 12.9. The topological polar surface area (TPSA) is 78.9 Å². The summed E-state index contributed by atoms with van der Waals surface area (Å²) in [4.78, 5) is 38.4. The molecule has 0 spiro atoms. The van der Waals surface area contributed by atoms with E-state index in [0.717, 1.165) is 148 Å². The Morgan fingerprint density at radius 1 is 0.253 bits per heavy atom.